The van der Waals surface area contributed by atoms with Gasteiger partial charge in [0, 0.05) is 22.9 Å². The van der Waals surface area contributed by atoms with E-state index in [1.807, 2.05) is 43.3 Å². The molecule has 4 aromatic rings. The van der Waals surface area contributed by atoms with Crippen molar-refractivity contribution in [2.75, 3.05) is 0 Å². The van der Waals surface area contributed by atoms with Gasteiger partial charge in [-0.2, -0.15) is 5.10 Å². The van der Waals surface area contributed by atoms with Gasteiger partial charge in [0.25, 0.3) is 5.69 Å². The highest BCUT2D eigenvalue weighted by atomic mass is 16.6. The average molecular weight is 304 g/mol. The van der Waals surface area contributed by atoms with Crippen LogP contribution in [0, 0.1) is 17.0 Å². The fraction of sp³-hybridized carbons (Fsp3) is 0.0588. The number of nitro benzene ring substituents is 1. The van der Waals surface area contributed by atoms with Crippen LogP contribution in [0.25, 0.3) is 27.6 Å². The van der Waals surface area contributed by atoms with Gasteiger partial charge in [-0.25, -0.2) is 9.67 Å². The van der Waals surface area contributed by atoms with Crippen LogP contribution in [0.15, 0.2) is 54.6 Å². The summed E-state index contributed by atoms with van der Waals surface area (Å²) in [6.07, 6.45) is 0. The Kier molecular flexibility index (Phi) is 2.84. The molecule has 0 saturated carbocycles. The van der Waals surface area contributed by atoms with Crippen LogP contribution in [0.2, 0.25) is 0 Å². The largest absolute Gasteiger partial charge is 0.270 e. The molecule has 2 heterocycles. The zero-order chi connectivity index (χ0) is 16.0. The Labute approximate surface area is 131 Å². The van der Waals surface area contributed by atoms with E-state index in [-0.39, 0.29) is 5.69 Å². The number of rotatable bonds is 2. The molecular formula is C17H12N4O2. The van der Waals surface area contributed by atoms with Crippen molar-refractivity contribution in [3.8, 4) is 5.69 Å². The van der Waals surface area contributed by atoms with Crippen LogP contribution in [-0.4, -0.2) is 19.7 Å². The summed E-state index contributed by atoms with van der Waals surface area (Å²) in [5, 5.41) is 17.1. The zero-order valence-corrected chi connectivity index (χ0v) is 12.3. The van der Waals surface area contributed by atoms with Gasteiger partial charge < -0.3 is 0 Å². The van der Waals surface area contributed by atoms with Crippen LogP contribution in [0.3, 0.4) is 0 Å². The maximum absolute atomic E-state index is 10.9. The monoisotopic (exact) mass is 304 g/mol. The van der Waals surface area contributed by atoms with Crippen molar-refractivity contribution in [3.63, 3.8) is 0 Å². The number of aromatic nitrogens is 3. The molecule has 23 heavy (non-hydrogen) atoms. The van der Waals surface area contributed by atoms with Crippen molar-refractivity contribution >= 4 is 27.6 Å². The number of non-ortho nitro benzene ring substituents is 1. The number of aryl methyl sites for hydroxylation is 1. The second-order valence-corrected chi connectivity index (χ2v) is 5.33. The molecule has 0 unspecified atom stereocenters. The summed E-state index contributed by atoms with van der Waals surface area (Å²) in [6, 6.07) is 16.4. The van der Waals surface area contributed by atoms with Gasteiger partial charge in [0.2, 0.25) is 0 Å². The Morgan fingerprint density at radius 2 is 1.87 bits per heavy atom. The lowest BCUT2D eigenvalue weighted by Gasteiger charge is -2.03. The number of hydrogen-bond donors (Lipinski definition) is 0. The molecule has 2 aromatic carbocycles. The van der Waals surface area contributed by atoms with Gasteiger partial charge in [-0.3, -0.25) is 10.1 Å². The predicted octanol–water partition coefficient (Wildman–Crippen LogP) is 3.79. The van der Waals surface area contributed by atoms with E-state index in [1.165, 1.54) is 6.07 Å². The van der Waals surface area contributed by atoms with Gasteiger partial charge in [-0.15, -0.1) is 0 Å². The van der Waals surface area contributed by atoms with Crippen molar-refractivity contribution in [2.45, 2.75) is 6.92 Å². The molecule has 0 amide bonds. The Hall–Kier alpha value is -3.28. The molecule has 6 nitrogen and oxygen atoms in total. The smallest absolute Gasteiger partial charge is 0.258 e. The first-order valence-corrected chi connectivity index (χ1v) is 7.13. The average Bonchev–Trinajstić information content (AvgIpc) is 2.89. The second kappa shape index (κ2) is 4.88. The maximum Gasteiger partial charge on any atom is 0.270 e. The number of hydrogen-bond acceptors (Lipinski definition) is 4. The summed E-state index contributed by atoms with van der Waals surface area (Å²) in [4.78, 5) is 15.2. The van der Waals surface area contributed by atoms with E-state index in [9.17, 15) is 10.1 Å². The Bertz CT molecular complexity index is 1050. The van der Waals surface area contributed by atoms with Crippen LogP contribution in [0.5, 0.6) is 0 Å². The number of fused-ring (bicyclic) bond motifs is 2. The lowest BCUT2D eigenvalue weighted by molar-refractivity contribution is -0.384. The fourth-order valence-electron chi connectivity index (χ4n) is 2.70. The van der Waals surface area contributed by atoms with Crippen LogP contribution in [0.1, 0.15) is 5.69 Å². The molecule has 0 N–H and O–H groups in total. The molecule has 0 aliphatic carbocycles. The first kappa shape index (κ1) is 13.4. The van der Waals surface area contributed by atoms with Gasteiger partial charge in [0.15, 0.2) is 5.65 Å². The molecule has 0 saturated heterocycles. The second-order valence-electron chi connectivity index (χ2n) is 5.33. The van der Waals surface area contributed by atoms with Gasteiger partial charge >= 0.3 is 0 Å². The SMILES string of the molecule is Cc1nn(-c2ccccc2)c2nc3ccc([N+](=O)[O-])cc3cc12. The van der Waals surface area contributed by atoms with Crippen molar-refractivity contribution in [1.82, 2.24) is 14.8 Å². The summed E-state index contributed by atoms with van der Waals surface area (Å²) >= 11 is 0. The van der Waals surface area contributed by atoms with E-state index < -0.39 is 4.92 Å². The maximum atomic E-state index is 10.9. The number of pyridine rings is 1. The molecule has 0 bridgehead atoms. The first-order chi connectivity index (χ1) is 11.1. The topological polar surface area (TPSA) is 73.8 Å². The lowest BCUT2D eigenvalue weighted by atomic mass is 10.1. The Balaban J connectivity index is 2.02. The fourth-order valence-corrected chi connectivity index (χ4v) is 2.70. The lowest BCUT2D eigenvalue weighted by Crippen LogP contribution is -1.97. The first-order valence-electron chi connectivity index (χ1n) is 7.13. The number of nitrogens with zero attached hydrogens (tertiary/aromatic N) is 4. The van der Waals surface area contributed by atoms with Gasteiger partial charge in [0.05, 0.1) is 21.8 Å². The van der Waals surface area contributed by atoms with Gasteiger partial charge in [0.1, 0.15) is 0 Å². The Morgan fingerprint density at radius 3 is 2.61 bits per heavy atom. The standard InChI is InChI=1S/C17H12N4O2/c1-11-15-10-12-9-14(21(22)23)7-8-16(12)18-17(15)20(19-11)13-5-3-2-4-6-13/h2-10H,1H3. The number of para-hydroxylation sites is 1. The third kappa shape index (κ3) is 2.12. The van der Waals surface area contributed by atoms with E-state index in [4.69, 9.17) is 0 Å². The van der Waals surface area contributed by atoms with E-state index in [0.717, 1.165) is 27.8 Å². The molecule has 6 heteroatoms. The van der Waals surface area contributed by atoms with E-state index >= 15 is 0 Å². The quantitative estimate of drug-likeness (QED) is 0.417. The molecule has 112 valence electrons. The molecule has 2 aromatic heterocycles. The summed E-state index contributed by atoms with van der Waals surface area (Å²) in [6.45, 7) is 1.91. The summed E-state index contributed by atoms with van der Waals surface area (Å²) in [5.41, 5.74) is 3.28. The van der Waals surface area contributed by atoms with E-state index in [2.05, 4.69) is 10.1 Å². The summed E-state index contributed by atoms with van der Waals surface area (Å²) in [5.74, 6) is 0. The van der Waals surface area contributed by atoms with Crippen LogP contribution >= 0.6 is 0 Å². The molecule has 0 aliphatic rings. The molecule has 0 fully saturated rings. The van der Waals surface area contributed by atoms with Crippen molar-refractivity contribution in [3.05, 3.63) is 70.4 Å². The van der Waals surface area contributed by atoms with Gasteiger partial charge in [-0.1, -0.05) is 18.2 Å². The van der Waals surface area contributed by atoms with Crippen molar-refractivity contribution in [1.29, 1.82) is 0 Å². The molecular weight excluding hydrogens is 292 g/mol. The minimum atomic E-state index is -0.399. The van der Waals surface area contributed by atoms with Crippen molar-refractivity contribution in [2.24, 2.45) is 0 Å². The highest BCUT2D eigenvalue weighted by Gasteiger charge is 2.13. The molecule has 0 spiro atoms. The Morgan fingerprint density at radius 1 is 1.09 bits per heavy atom. The van der Waals surface area contributed by atoms with E-state index in [0.29, 0.717) is 5.52 Å². The predicted molar refractivity (Wildman–Crippen MR) is 87.8 cm³/mol. The van der Waals surface area contributed by atoms with Crippen molar-refractivity contribution < 1.29 is 4.92 Å². The summed E-state index contributed by atoms with van der Waals surface area (Å²) < 4.78 is 1.80. The number of benzene rings is 2. The van der Waals surface area contributed by atoms with E-state index in [1.54, 1.807) is 16.8 Å². The minimum absolute atomic E-state index is 0.0618. The molecule has 4 rings (SSSR count). The highest BCUT2D eigenvalue weighted by molar-refractivity contribution is 5.94. The molecule has 0 aliphatic heterocycles. The summed E-state index contributed by atoms with van der Waals surface area (Å²) in [7, 11) is 0. The third-order valence-electron chi connectivity index (χ3n) is 3.83. The van der Waals surface area contributed by atoms with Crippen LogP contribution in [0.4, 0.5) is 5.69 Å². The third-order valence-corrected chi connectivity index (χ3v) is 3.83. The zero-order valence-electron chi connectivity index (χ0n) is 12.3. The normalized spacial score (nSPS) is 11.2. The van der Waals surface area contributed by atoms with Gasteiger partial charge in [-0.05, 0) is 31.2 Å². The van der Waals surface area contributed by atoms with Crippen LogP contribution in [-0.2, 0) is 0 Å². The number of nitro groups is 1. The molecule has 0 atom stereocenters. The minimum Gasteiger partial charge on any atom is -0.258 e. The highest BCUT2D eigenvalue weighted by Crippen LogP contribution is 2.26. The molecule has 0 radical (unpaired) electrons. The van der Waals surface area contributed by atoms with Crippen LogP contribution < -0.4 is 0 Å².